The maximum atomic E-state index is 10.1. The molecule has 0 spiro atoms. The van der Waals surface area contributed by atoms with Crippen LogP contribution in [0.2, 0.25) is 13.6 Å². The van der Waals surface area contributed by atoms with Crippen molar-refractivity contribution in [2.24, 2.45) is 11.5 Å². The molecule has 366 valence electrons. The van der Waals surface area contributed by atoms with Gasteiger partial charge in [-0.1, -0.05) is 76.6 Å². The molecule has 2 aromatic carbocycles. The van der Waals surface area contributed by atoms with Gasteiger partial charge in [0.15, 0.2) is 0 Å². The van der Waals surface area contributed by atoms with E-state index in [1.807, 2.05) is 65.0 Å². The second-order valence-electron chi connectivity index (χ2n) is 22.8. The van der Waals surface area contributed by atoms with E-state index in [1.165, 1.54) is 33.4 Å². The first kappa shape index (κ1) is 53.5. The lowest BCUT2D eigenvalue weighted by molar-refractivity contribution is 0.00578. The number of nitrogens with zero attached hydrogens (tertiary/aromatic N) is 2. The van der Waals surface area contributed by atoms with E-state index in [4.69, 9.17) is 39.4 Å². The Labute approximate surface area is 417 Å². The van der Waals surface area contributed by atoms with E-state index >= 15 is 0 Å². The average Bonchev–Trinajstić information content (AvgIpc) is 4.11. The summed E-state index contributed by atoms with van der Waals surface area (Å²) in [5.41, 5.74) is 18.6. The van der Waals surface area contributed by atoms with Crippen LogP contribution in [0.25, 0.3) is 11.1 Å². The Hall–Kier alpha value is -2.28. The standard InChI is InChI=1S/C22H32B2N2O3.C16H20BBrN2O.C12H24B2O4/c1-20(2)21(3,4)29-24(28-20)19-11-8-16(9-12-19)17-7-10-18(15-17)22(25)13-6-14-26(22)23(5)27;1-17(21)20-10-2-9-16(20,19)14-6-3-13(11-14)12-4-7-15(18)8-5-12;1-9(2)10(3,4)16-13(15-9)14-17-11(5,6)12(7,8)18-14/h7-12,27H,6,13-15,25H2,1-5H3;3-8,21H,2,9-11,19H2,1H3;1-8H3/t22-;16-;/m00./s1. The summed E-state index contributed by atoms with van der Waals surface area (Å²) in [7, 11) is -2.33. The molecule has 9 rings (SSSR count). The first-order valence-corrected chi connectivity index (χ1v) is 25.4. The van der Waals surface area contributed by atoms with Crippen LogP contribution in [0.1, 0.15) is 133 Å². The lowest BCUT2D eigenvalue weighted by Gasteiger charge is -2.37. The quantitative estimate of drug-likeness (QED) is 0.191. The number of hydrogen-bond acceptors (Lipinski definition) is 12. The van der Waals surface area contributed by atoms with Crippen LogP contribution in [0.4, 0.5) is 0 Å². The highest BCUT2D eigenvalue weighted by atomic mass is 79.9. The van der Waals surface area contributed by atoms with Gasteiger partial charge in [0.05, 0.1) is 44.9 Å². The van der Waals surface area contributed by atoms with E-state index in [9.17, 15) is 10.0 Å². The van der Waals surface area contributed by atoms with Gasteiger partial charge in [0.25, 0.3) is 0 Å². The van der Waals surface area contributed by atoms with Gasteiger partial charge in [0, 0.05) is 4.47 Å². The van der Waals surface area contributed by atoms with Crippen LogP contribution < -0.4 is 16.9 Å². The maximum absolute atomic E-state index is 10.1. The normalized spacial score (nSPS) is 28.7. The zero-order valence-electron chi connectivity index (χ0n) is 43.2. The van der Waals surface area contributed by atoms with Crippen molar-refractivity contribution in [1.82, 2.24) is 9.62 Å². The number of benzene rings is 2. The fraction of sp³-hybridized carbons (Fsp3) is 0.600. The summed E-state index contributed by atoms with van der Waals surface area (Å²) < 4.78 is 37.2. The smallest absolute Gasteiger partial charge is 0.437 e. The van der Waals surface area contributed by atoms with Crippen molar-refractivity contribution in [3.05, 3.63) is 99.6 Å². The zero-order valence-corrected chi connectivity index (χ0v) is 44.8. The minimum Gasteiger partial charge on any atom is -0.437 e. The van der Waals surface area contributed by atoms with Crippen LogP contribution in [-0.4, -0.2) is 113 Å². The van der Waals surface area contributed by atoms with Crippen LogP contribution >= 0.6 is 15.9 Å². The molecule has 0 unspecified atom stereocenters. The van der Waals surface area contributed by atoms with Gasteiger partial charge in [-0.3, -0.25) is 9.62 Å². The summed E-state index contributed by atoms with van der Waals surface area (Å²) >= 11 is 3.47. The van der Waals surface area contributed by atoms with E-state index in [1.54, 1.807) is 13.6 Å². The van der Waals surface area contributed by atoms with Gasteiger partial charge in [-0.15, -0.1) is 0 Å². The minimum atomic E-state index is -0.547. The highest BCUT2D eigenvalue weighted by Gasteiger charge is 2.64. The highest BCUT2D eigenvalue weighted by Crippen LogP contribution is 2.45. The molecule has 68 heavy (non-hydrogen) atoms. The van der Waals surface area contributed by atoms with Crippen molar-refractivity contribution in [1.29, 1.82) is 0 Å². The van der Waals surface area contributed by atoms with E-state index in [0.717, 1.165) is 61.5 Å². The molecular formula is C50H76B5BrN4O8. The third-order valence-corrected chi connectivity index (χ3v) is 17.0. The predicted octanol–water partition coefficient (Wildman–Crippen LogP) is 7.83. The molecular weight excluding hydrogens is 919 g/mol. The van der Waals surface area contributed by atoms with E-state index in [0.29, 0.717) is 0 Å². The van der Waals surface area contributed by atoms with Crippen molar-refractivity contribution in [3.63, 3.8) is 0 Å². The Balaban J connectivity index is 0.000000156. The van der Waals surface area contributed by atoms with Crippen LogP contribution in [0.15, 0.2) is 88.5 Å². The van der Waals surface area contributed by atoms with E-state index < -0.39 is 39.4 Å². The molecule has 5 fully saturated rings. The summed E-state index contributed by atoms with van der Waals surface area (Å²) in [6.07, 6.45) is 14.1. The molecule has 2 aromatic rings. The molecule has 0 aromatic heterocycles. The van der Waals surface area contributed by atoms with Crippen LogP contribution in [-0.2, 0) is 27.9 Å². The fourth-order valence-corrected chi connectivity index (χ4v) is 10.3. The van der Waals surface area contributed by atoms with Crippen molar-refractivity contribution < 1.29 is 38.0 Å². The van der Waals surface area contributed by atoms with Crippen molar-refractivity contribution in [2.45, 2.75) is 180 Å². The SMILES string of the molecule is CB(O)N1CCC[C@@]1(N)C1=CC=C(c2ccc(B3OC(C)(C)C(C)(C)O3)cc2)C1.CB(O)N1CCC[C@@]1(N)C1=CC=C(c2ccc(Br)cc2)C1.CC1(C)OB(B2OC(C)(C)C(C)(C)O2)OC1(C)C. The van der Waals surface area contributed by atoms with Gasteiger partial charge in [-0.25, -0.2) is 0 Å². The zero-order chi connectivity index (χ0) is 50.0. The monoisotopic (exact) mass is 995 g/mol. The first-order valence-electron chi connectivity index (χ1n) is 24.6. The number of nitrogens with two attached hydrogens (primary N) is 2. The summed E-state index contributed by atoms with van der Waals surface area (Å²) in [6, 6.07) is 16.8. The summed E-state index contributed by atoms with van der Waals surface area (Å²) in [4.78, 5) is 4.02. The number of halogens is 1. The average molecular weight is 995 g/mol. The molecule has 0 saturated carbocycles. The lowest BCUT2D eigenvalue weighted by Crippen LogP contribution is -2.58. The Morgan fingerprint density at radius 1 is 0.515 bits per heavy atom. The van der Waals surface area contributed by atoms with Crippen LogP contribution in [0.3, 0.4) is 0 Å². The molecule has 5 aliphatic heterocycles. The number of allylic oxidation sites excluding steroid dienone is 6. The molecule has 6 N–H and O–H groups in total. The van der Waals surface area contributed by atoms with Crippen molar-refractivity contribution in [2.75, 3.05) is 13.1 Å². The van der Waals surface area contributed by atoms with Crippen LogP contribution in [0.5, 0.6) is 0 Å². The molecule has 18 heteroatoms. The topological polar surface area (TPSA) is 154 Å². The Morgan fingerprint density at radius 3 is 1.18 bits per heavy atom. The van der Waals surface area contributed by atoms with Gasteiger partial charge < -0.3 is 49.4 Å². The molecule has 5 saturated heterocycles. The summed E-state index contributed by atoms with van der Waals surface area (Å²) in [5, 5.41) is 20.1. The number of rotatable bonds is 8. The maximum Gasteiger partial charge on any atom is 0.494 e. The molecule has 5 heterocycles. The third kappa shape index (κ3) is 10.5. The van der Waals surface area contributed by atoms with Gasteiger partial charge >= 0.3 is 35.2 Å². The van der Waals surface area contributed by atoms with Gasteiger partial charge in [-0.2, -0.15) is 0 Å². The third-order valence-electron chi connectivity index (χ3n) is 16.5. The van der Waals surface area contributed by atoms with Crippen LogP contribution in [0, 0.1) is 0 Å². The fourth-order valence-electron chi connectivity index (χ4n) is 9.99. The minimum absolute atomic E-state index is 0.338. The Morgan fingerprint density at radius 2 is 0.838 bits per heavy atom. The largest absolute Gasteiger partial charge is 0.494 e. The van der Waals surface area contributed by atoms with Gasteiger partial charge in [-0.05, 0) is 199 Å². The predicted molar refractivity (Wildman–Crippen MR) is 283 cm³/mol. The molecule has 2 aliphatic carbocycles. The molecule has 0 bridgehead atoms. The molecule has 0 radical (unpaired) electrons. The second kappa shape index (κ2) is 19.3. The molecule has 7 aliphatic rings. The lowest BCUT2D eigenvalue weighted by atomic mass is 9.49. The highest BCUT2D eigenvalue weighted by molar-refractivity contribution is 9.10. The second-order valence-corrected chi connectivity index (χ2v) is 23.7. The van der Waals surface area contributed by atoms with E-state index in [-0.39, 0.29) is 40.7 Å². The molecule has 12 nitrogen and oxygen atoms in total. The summed E-state index contributed by atoms with van der Waals surface area (Å²) in [5.74, 6) is 0. The van der Waals surface area contributed by atoms with Crippen molar-refractivity contribution in [3.8, 4) is 0 Å². The van der Waals surface area contributed by atoms with E-state index in [2.05, 4.69) is 116 Å². The number of hydrogen-bond donors (Lipinski definition) is 4. The first-order chi connectivity index (χ1) is 31.4. The Kier molecular flexibility index (Phi) is 15.2. The van der Waals surface area contributed by atoms with Gasteiger partial charge in [0.1, 0.15) is 0 Å². The summed E-state index contributed by atoms with van der Waals surface area (Å²) in [6.45, 7) is 29.8. The van der Waals surface area contributed by atoms with Gasteiger partial charge in [0.2, 0.25) is 0 Å². The Bertz CT molecular complexity index is 2200. The van der Waals surface area contributed by atoms with Crippen molar-refractivity contribution >= 4 is 67.8 Å². The molecule has 2 atom stereocenters. The molecule has 0 amide bonds.